The third-order valence-corrected chi connectivity index (χ3v) is 2.47. The molecule has 0 aliphatic carbocycles. The number of aromatic nitrogens is 2. The highest BCUT2D eigenvalue weighted by Crippen LogP contribution is 2.16. The molecule has 0 saturated carbocycles. The largest absolute Gasteiger partial charge is 0.358 e. The predicted octanol–water partition coefficient (Wildman–Crippen LogP) is 2.82. The first-order chi connectivity index (χ1) is 7.00. The zero-order valence-electron chi connectivity index (χ0n) is 9.74. The molecular weight excluding hydrogens is 254 g/mol. The van der Waals surface area contributed by atoms with E-state index in [2.05, 4.69) is 57.6 Å². The maximum Gasteiger partial charge on any atom is 0.131 e. The van der Waals surface area contributed by atoms with Crippen LogP contribution >= 0.6 is 15.9 Å². The van der Waals surface area contributed by atoms with Crippen LogP contribution in [0, 0.1) is 0 Å². The molecule has 0 aromatic carbocycles. The lowest BCUT2D eigenvalue weighted by Crippen LogP contribution is -2.25. The molecule has 3 nitrogen and oxygen atoms in total. The van der Waals surface area contributed by atoms with Crippen LogP contribution in [0.1, 0.15) is 32.4 Å². The fraction of sp³-hybridized carbons (Fsp3) is 0.636. The van der Waals surface area contributed by atoms with Gasteiger partial charge >= 0.3 is 0 Å². The molecule has 0 N–H and O–H groups in total. The average molecular weight is 272 g/mol. The molecule has 15 heavy (non-hydrogen) atoms. The van der Waals surface area contributed by atoms with Crippen LogP contribution in [-0.2, 0) is 0 Å². The summed E-state index contributed by atoms with van der Waals surface area (Å²) in [6.45, 7) is 7.34. The van der Waals surface area contributed by atoms with Gasteiger partial charge in [-0.3, -0.25) is 0 Å². The monoisotopic (exact) mass is 271 g/mol. The van der Waals surface area contributed by atoms with E-state index in [1.807, 2.05) is 7.05 Å². The minimum atomic E-state index is 0.446. The first kappa shape index (κ1) is 12.4. The molecule has 0 spiro atoms. The fourth-order valence-corrected chi connectivity index (χ4v) is 1.79. The molecule has 84 valence electrons. The Kier molecular flexibility index (Phi) is 4.51. The Balaban J connectivity index is 2.80. The molecule has 0 aliphatic heterocycles. The molecule has 1 atom stereocenters. The van der Waals surface area contributed by atoms with Crippen molar-refractivity contribution in [2.24, 2.45) is 0 Å². The van der Waals surface area contributed by atoms with Crippen molar-refractivity contribution in [3.8, 4) is 0 Å². The second-order valence-corrected chi connectivity index (χ2v) is 5.68. The Labute approximate surface area is 100 Å². The van der Waals surface area contributed by atoms with E-state index in [4.69, 9.17) is 0 Å². The maximum atomic E-state index is 4.27. The minimum absolute atomic E-state index is 0.446. The van der Waals surface area contributed by atoms with Crippen molar-refractivity contribution in [3.05, 3.63) is 18.1 Å². The quantitative estimate of drug-likeness (QED) is 0.789. The van der Waals surface area contributed by atoms with Crippen molar-refractivity contribution in [1.82, 2.24) is 9.97 Å². The molecule has 0 aliphatic rings. The van der Waals surface area contributed by atoms with Crippen LogP contribution in [0.15, 0.2) is 12.4 Å². The van der Waals surface area contributed by atoms with Gasteiger partial charge < -0.3 is 4.90 Å². The summed E-state index contributed by atoms with van der Waals surface area (Å²) in [5, 5.41) is 0. The maximum absolute atomic E-state index is 4.27. The minimum Gasteiger partial charge on any atom is -0.358 e. The van der Waals surface area contributed by atoms with Gasteiger partial charge in [0.25, 0.3) is 0 Å². The van der Waals surface area contributed by atoms with Crippen LogP contribution in [0.2, 0.25) is 0 Å². The summed E-state index contributed by atoms with van der Waals surface area (Å²) in [5.74, 6) is 1.43. The van der Waals surface area contributed by atoms with E-state index in [-0.39, 0.29) is 0 Å². The molecule has 1 unspecified atom stereocenters. The summed E-state index contributed by atoms with van der Waals surface area (Å²) < 4.78 is 0. The van der Waals surface area contributed by atoms with Crippen LogP contribution in [0.4, 0.5) is 5.82 Å². The van der Waals surface area contributed by atoms with Gasteiger partial charge in [0.15, 0.2) is 0 Å². The van der Waals surface area contributed by atoms with Crippen molar-refractivity contribution in [2.75, 3.05) is 18.5 Å². The van der Waals surface area contributed by atoms with Crippen LogP contribution in [0.5, 0.6) is 0 Å². The lowest BCUT2D eigenvalue weighted by Gasteiger charge is -2.20. The highest BCUT2D eigenvalue weighted by molar-refractivity contribution is 9.09. The molecule has 0 bridgehead atoms. The second kappa shape index (κ2) is 5.45. The third kappa shape index (κ3) is 3.78. The SMILES string of the molecule is CC(Br)CN(C)c1cc(C(C)C)ncn1. The number of anilines is 1. The summed E-state index contributed by atoms with van der Waals surface area (Å²) in [5.41, 5.74) is 1.09. The Bertz CT molecular complexity index is 312. The van der Waals surface area contributed by atoms with Gasteiger partial charge in [-0.1, -0.05) is 36.7 Å². The van der Waals surface area contributed by atoms with Crippen molar-refractivity contribution < 1.29 is 0 Å². The number of hydrogen-bond acceptors (Lipinski definition) is 3. The standard InChI is InChI=1S/C11H18BrN3/c1-8(2)10-5-11(14-7-13-10)15(4)6-9(3)12/h5,7-9H,6H2,1-4H3. The van der Waals surface area contributed by atoms with Gasteiger partial charge in [0.2, 0.25) is 0 Å². The lowest BCUT2D eigenvalue weighted by atomic mass is 10.1. The van der Waals surface area contributed by atoms with E-state index in [0.717, 1.165) is 18.1 Å². The molecule has 1 aromatic heterocycles. The Morgan fingerprint density at radius 3 is 2.53 bits per heavy atom. The van der Waals surface area contributed by atoms with E-state index < -0.39 is 0 Å². The summed E-state index contributed by atoms with van der Waals surface area (Å²) in [7, 11) is 2.05. The zero-order valence-corrected chi connectivity index (χ0v) is 11.3. The van der Waals surface area contributed by atoms with Gasteiger partial charge in [-0.05, 0) is 5.92 Å². The summed E-state index contributed by atoms with van der Waals surface area (Å²) in [6, 6.07) is 2.06. The van der Waals surface area contributed by atoms with Gasteiger partial charge in [0.1, 0.15) is 12.1 Å². The molecule has 1 heterocycles. The first-order valence-electron chi connectivity index (χ1n) is 5.18. The van der Waals surface area contributed by atoms with Crippen LogP contribution in [-0.4, -0.2) is 28.4 Å². The molecular formula is C11H18BrN3. The molecule has 0 saturated heterocycles. The molecule has 1 rings (SSSR count). The summed E-state index contributed by atoms with van der Waals surface area (Å²) >= 11 is 3.53. The van der Waals surface area contributed by atoms with Crippen molar-refractivity contribution in [2.45, 2.75) is 31.5 Å². The van der Waals surface area contributed by atoms with Gasteiger partial charge in [-0.25, -0.2) is 9.97 Å². The van der Waals surface area contributed by atoms with Crippen LogP contribution in [0.25, 0.3) is 0 Å². The first-order valence-corrected chi connectivity index (χ1v) is 6.09. The number of hydrogen-bond donors (Lipinski definition) is 0. The van der Waals surface area contributed by atoms with Gasteiger partial charge in [-0.15, -0.1) is 0 Å². The Morgan fingerprint density at radius 2 is 2.00 bits per heavy atom. The summed E-state index contributed by atoms with van der Waals surface area (Å²) in [6.07, 6.45) is 1.64. The number of halogens is 1. The summed E-state index contributed by atoms with van der Waals surface area (Å²) in [4.78, 5) is 11.1. The molecule has 4 heteroatoms. The van der Waals surface area contributed by atoms with Crippen molar-refractivity contribution >= 4 is 21.7 Å². The molecule has 1 aromatic rings. The third-order valence-electron chi connectivity index (χ3n) is 2.18. The van der Waals surface area contributed by atoms with Gasteiger partial charge in [0.05, 0.1) is 0 Å². The predicted molar refractivity (Wildman–Crippen MR) is 67.8 cm³/mol. The van der Waals surface area contributed by atoms with Gasteiger partial charge in [0, 0.05) is 30.2 Å². The molecule has 0 radical (unpaired) electrons. The fourth-order valence-electron chi connectivity index (χ4n) is 1.36. The topological polar surface area (TPSA) is 29.0 Å². The lowest BCUT2D eigenvalue weighted by molar-refractivity contribution is 0.799. The zero-order chi connectivity index (χ0) is 11.4. The van der Waals surface area contributed by atoms with E-state index in [1.165, 1.54) is 0 Å². The van der Waals surface area contributed by atoms with Crippen molar-refractivity contribution in [3.63, 3.8) is 0 Å². The second-order valence-electron chi connectivity index (χ2n) is 4.12. The van der Waals surface area contributed by atoms with Crippen LogP contribution in [0.3, 0.4) is 0 Å². The smallest absolute Gasteiger partial charge is 0.131 e. The van der Waals surface area contributed by atoms with E-state index in [0.29, 0.717) is 10.7 Å². The van der Waals surface area contributed by atoms with Gasteiger partial charge in [-0.2, -0.15) is 0 Å². The Hall–Kier alpha value is -0.640. The number of rotatable bonds is 4. The number of nitrogens with zero attached hydrogens (tertiary/aromatic N) is 3. The van der Waals surface area contributed by atoms with E-state index >= 15 is 0 Å². The van der Waals surface area contributed by atoms with Crippen molar-refractivity contribution in [1.29, 1.82) is 0 Å². The highest BCUT2D eigenvalue weighted by atomic mass is 79.9. The molecule has 0 fully saturated rings. The molecule has 0 amide bonds. The average Bonchev–Trinajstić information content (AvgIpc) is 2.17. The van der Waals surface area contributed by atoms with E-state index in [9.17, 15) is 0 Å². The Morgan fingerprint density at radius 1 is 1.33 bits per heavy atom. The van der Waals surface area contributed by atoms with E-state index in [1.54, 1.807) is 6.33 Å². The van der Waals surface area contributed by atoms with Crippen LogP contribution < -0.4 is 4.90 Å². The number of alkyl halides is 1. The normalized spacial score (nSPS) is 12.9. The highest BCUT2D eigenvalue weighted by Gasteiger charge is 2.08.